The van der Waals surface area contributed by atoms with Gasteiger partial charge in [0.15, 0.2) is 5.78 Å². The minimum absolute atomic E-state index is 0.134. The van der Waals surface area contributed by atoms with Crippen molar-refractivity contribution in [2.45, 2.75) is 26.2 Å². The molecule has 1 unspecified atom stereocenters. The van der Waals surface area contributed by atoms with Gasteiger partial charge < -0.3 is 0 Å². The van der Waals surface area contributed by atoms with Gasteiger partial charge in [0, 0.05) is 10.6 Å². The third kappa shape index (κ3) is 2.53. The summed E-state index contributed by atoms with van der Waals surface area (Å²) in [6.45, 7) is 2.22. The van der Waals surface area contributed by atoms with Gasteiger partial charge in [-0.15, -0.1) is 0 Å². The highest BCUT2D eigenvalue weighted by atomic mass is 35.5. The molecule has 0 aliphatic heterocycles. The Labute approximate surface area is 101 Å². The van der Waals surface area contributed by atoms with Gasteiger partial charge in [0.1, 0.15) is 0 Å². The molecule has 0 amide bonds. The van der Waals surface area contributed by atoms with Gasteiger partial charge in [-0.05, 0) is 42.9 Å². The lowest BCUT2D eigenvalue weighted by Crippen LogP contribution is -2.10. The highest BCUT2D eigenvalue weighted by molar-refractivity contribution is 6.31. The van der Waals surface area contributed by atoms with Crippen LogP contribution in [-0.4, -0.2) is 5.78 Å². The third-order valence-corrected chi connectivity index (χ3v) is 3.29. The van der Waals surface area contributed by atoms with Crippen LogP contribution >= 0.6 is 11.6 Å². The van der Waals surface area contributed by atoms with Gasteiger partial charge in [-0.25, -0.2) is 0 Å². The van der Waals surface area contributed by atoms with E-state index in [1.165, 1.54) is 0 Å². The SMILES string of the molecule is CC1CC=C(C(=O)c2cccc(Cl)c2)CC1. The Morgan fingerprint density at radius 3 is 2.88 bits per heavy atom. The van der Waals surface area contributed by atoms with Crippen molar-refractivity contribution in [3.05, 3.63) is 46.5 Å². The first-order valence-electron chi connectivity index (χ1n) is 5.66. The number of hydrogen-bond acceptors (Lipinski definition) is 1. The molecule has 0 heterocycles. The summed E-state index contributed by atoms with van der Waals surface area (Å²) in [5, 5.41) is 0.621. The normalized spacial score (nSPS) is 20.4. The van der Waals surface area contributed by atoms with Crippen molar-refractivity contribution in [1.29, 1.82) is 0 Å². The Morgan fingerprint density at radius 1 is 1.44 bits per heavy atom. The molecule has 0 aromatic heterocycles. The van der Waals surface area contributed by atoms with Crippen molar-refractivity contribution >= 4 is 17.4 Å². The van der Waals surface area contributed by atoms with Crippen molar-refractivity contribution < 1.29 is 4.79 Å². The quantitative estimate of drug-likeness (QED) is 0.699. The molecule has 1 atom stereocenters. The van der Waals surface area contributed by atoms with Crippen LogP contribution in [-0.2, 0) is 0 Å². The van der Waals surface area contributed by atoms with Crippen molar-refractivity contribution in [3.8, 4) is 0 Å². The molecule has 2 heteroatoms. The third-order valence-electron chi connectivity index (χ3n) is 3.05. The molecule has 1 nitrogen and oxygen atoms in total. The summed E-state index contributed by atoms with van der Waals surface area (Å²) < 4.78 is 0. The second kappa shape index (κ2) is 4.84. The van der Waals surface area contributed by atoms with Gasteiger partial charge in [0.05, 0.1) is 0 Å². The number of allylic oxidation sites excluding steroid dienone is 2. The van der Waals surface area contributed by atoms with Crippen LogP contribution < -0.4 is 0 Å². The molecular weight excluding hydrogens is 220 g/mol. The number of benzene rings is 1. The van der Waals surface area contributed by atoms with Crippen LogP contribution in [0.5, 0.6) is 0 Å². The number of carbonyl (C=O) groups excluding carboxylic acids is 1. The zero-order chi connectivity index (χ0) is 11.5. The zero-order valence-electron chi connectivity index (χ0n) is 9.37. The van der Waals surface area contributed by atoms with E-state index in [0.29, 0.717) is 16.5 Å². The molecular formula is C14H15ClO. The highest BCUT2D eigenvalue weighted by Gasteiger charge is 2.17. The van der Waals surface area contributed by atoms with E-state index >= 15 is 0 Å². The maximum Gasteiger partial charge on any atom is 0.188 e. The molecule has 0 bridgehead atoms. The van der Waals surface area contributed by atoms with Crippen LogP contribution in [0, 0.1) is 5.92 Å². The lowest BCUT2D eigenvalue weighted by molar-refractivity contribution is 0.102. The summed E-state index contributed by atoms with van der Waals surface area (Å²) in [7, 11) is 0. The molecule has 0 saturated carbocycles. The molecule has 16 heavy (non-hydrogen) atoms. The first kappa shape index (κ1) is 11.4. The molecule has 0 spiro atoms. The highest BCUT2D eigenvalue weighted by Crippen LogP contribution is 2.26. The Bertz CT molecular complexity index is 434. The lowest BCUT2D eigenvalue weighted by atomic mass is 9.87. The molecule has 0 N–H and O–H groups in total. The Balaban J connectivity index is 2.20. The van der Waals surface area contributed by atoms with Crippen molar-refractivity contribution in [2.75, 3.05) is 0 Å². The molecule has 1 aliphatic carbocycles. The molecule has 1 aromatic rings. The Hall–Kier alpha value is -1.08. The molecule has 0 saturated heterocycles. The minimum Gasteiger partial charge on any atom is -0.289 e. The molecule has 0 fully saturated rings. The topological polar surface area (TPSA) is 17.1 Å². The smallest absolute Gasteiger partial charge is 0.188 e. The number of Topliss-reactive ketones (excluding diaryl/α,β-unsaturated/α-hetero) is 1. The second-order valence-electron chi connectivity index (χ2n) is 4.45. The van der Waals surface area contributed by atoms with E-state index in [-0.39, 0.29) is 5.78 Å². The van der Waals surface area contributed by atoms with Gasteiger partial charge in [0.25, 0.3) is 0 Å². The van der Waals surface area contributed by atoms with Crippen molar-refractivity contribution in [3.63, 3.8) is 0 Å². The van der Waals surface area contributed by atoms with Gasteiger partial charge in [-0.3, -0.25) is 4.79 Å². The average Bonchev–Trinajstić information content (AvgIpc) is 2.29. The maximum atomic E-state index is 12.1. The summed E-state index contributed by atoms with van der Waals surface area (Å²) in [4.78, 5) is 12.1. The first-order valence-corrected chi connectivity index (χ1v) is 6.04. The maximum absolute atomic E-state index is 12.1. The van der Waals surface area contributed by atoms with E-state index in [0.717, 1.165) is 24.8 Å². The predicted molar refractivity (Wildman–Crippen MR) is 66.9 cm³/mol. The van der Waals surface area contributed by atoms with E-state index in [1.807, 2.05) is 12.1 Å². The molecule has 0 radical (unpaired) electrons. The molecule has 2 rings (SSSR count). The van der Waals surface area contributed by atoms with Crippen molar-refractivity contribution in [1.82, 2.24) is 0 Å². The van der Waals surface area contributed by atoms with Crippen molar-refractivity contribution in [2.24, 2.45) is 5.92 Å². The fourth-order valence-corrected chi connectivity index (χ4v) is 2.18. The average molecular weight is 235 g/mol. The Kier molecular flexibility index (Phi) is 3.45. The van der Waals surface area contributed by atoms with Crippen LogP contribution in [0.15, 0.2) is 35.9 Å². The largest absolute Gasteiger partial charge is 0.289 e. The van der Waals surface area contributed by atoms with E-state index in [1.54, 1.807) is 12.1 Å². The van der Waals surface area contributed by atoms with E-state index < -0.39 is 0 Å². The first-order chi connectivity index (χ1) is 7.66. The standard InChI is InChI=1S/C14H15ClO/c1-10-5-7-11(8-6-10)14(16)12-3-2-4-13(15)9-12/h2-4,7,9-10H,5-6,8H2,1H3. The number of ketones is 1. The van der Waals surface area contributed by atoms with Crippen LogP contribution in [0.3, 0.4) is 0 Å². The van der Waals surface area contributed by atoms with Crippen LogP contribution in [0.4, 0.5) is 0 Å². The lowest BCUT2D eigenvalue weighted by Gasteiger charge is -2.17. The second-order valence-corrected chi connectivity index (χ2v) is 4.88. The van der Waals surface area contributed by atoms with Gasteiger partial charge >= 0.3 is 0 Å². The van der Waals surface area contributed by atoms with Crippen LogP contribution in [0.2, 0.25) is 5.02 Å². The molecule has 1 aliphatic rings. The predicted octanol–water partition coefficient (Wildman–Crippen LogP) is 4.27. The summed E-state index contributed by atoms with van der Waals surface area (Å²) in [5.74, 6) is 0.838. The fourth-order valence-electron chi connectivity index (χ4n) is 1.99. The van der Waals surface area contributed by atoms with Gasteiger partial charge in [0.2, 0.25) is 0 Å². The molecule has 84 valence electrons. The number of hydrogen-bond donors (Lipinski definition) is 0. The zero-order valence-corrected chi connectivity index (χ0v) is 10.1. The van der Waals surface area contributed by atoms with Gasteiger partial charge in [-0.1, -0.05) is 36.7 Å². The Morgan fingerprint density at radius 2 is 2.25 bits per heavy atom. The monoisotopic (exact) mass is 234 g/mol. The van der Waals surface area contributed by atoms with E-state index in [9.17, 15) is 4.79 Å². The van der Waals surface area contributed by atoms with Crippen LogP contribution in [0.25, 0.3) is 0 Å². The fraction of sp³-hybridized carbons (Fsp3) is 0.357. The number of carbonyl (C=O) groups is 1. The number of rotatable bonds is 2. The summed E-state index contributed by atoms with van der Waals surface area (Å²) in [6.07, 6.45) is 5.10. The summed E-state index contributed by atoms with van der Waals surface area (Å²) in [5.41, 5.74) is 1.65. The van der Waals surface area contributed by atoms with E-state index in [2.05, 4.69) is 13.0 Å². The van der Waals surface area contributed by atoms with Crippen LogP contribution in [0.1, 0.15) is 36.5 Å². The van der Waals surface area contributed by atoms with Gasteiger partial charge in [-0.2, -0.15) is 0 Å². The summed E-state index contributed by atoms with van der Waals surface area (Å²) >= 11 is 5.88. The molecule has 1 aromatic carbocycles. The summed E-state index contributed by atoms with van der Waals surface area (Å²) in [6, 6.07) is 7.17. The number of halogens is 1. The van der Waals surface area contributed by atoms with E-state index in [4.69, 9.17) is 11.6 Å². The minimum atomic E-state index is 0.134.